The summed E-state index contributed by atoms with van der Waals surface area (Å²) in [6, 6.07) is 12.9. The second-order valence-corrected chi connectivity index (χ2v) is 7.08. The third-order valence-electron chi connectivity index (χ3n) is 4.95. The van der Waals surface area contributed by atoms with Crippen molar-refractivity contribution < 1.29 is 4.74 Å². The average molecular weight is 354 g/mol. The monoisotopic (exact) mass is 354 g/mol. The van der Waals surface area contributed by atoms with Crippen LogP contribution in [0.25, 0.3) is 0 Å². The van der Waals surface area contributed by atoms with Crippen molar-refractivity contribution in [2.75, 3.05) is 43.6 Å². The zero-order valence-corrected chi connectivity index (χ0v) is 15.9. The number of piperidine rings is 1. The maximum Gasteiger partial charge on any atom is 0.224 e. The summed E-state index contributed by atoms with van der Waals surface area (Å²) >= 11 is 0. The molecule has 1 aromatic carbocycles. The standard InChI is InChI=1S/C21H30N4O/c1-17-15-20(24-21(23-17)22-11-6-14-26-2)25-12-9-19(10-13-25)16-18-7-4-3-5-8-18/h3-5,7-8,15,19H,6,9-14,16H2,1-2H3,(H,22,23,24). The van der Waals surface area contributed by atoms with E-state index in [1.54, 1.807) is 7.11 Å². The third kappa shape index (κ3) is 5.43. The molecule has 1 aliphatic heterocycles. The van der Waals surface area contributed by atoms with E-state index in [2.05, 4.69) is 51.6 Å². The Labute approximate surface area is 156 Å². The number of ether oxygens (including phenoxy) is 1. The third-order valence-corrected chi connectivity index (χ3v) is 4.95. The van der Waals surface area contributed by atoms with Crippen LogP contribution in [-0.4, -0.2) is 43.3 Å². The number of hydrogen-bond acceptors (Lipinski definition) is 5. The van der Waals surface area contributed by atoms with Crippen molar-refractivity contribution in [2.45, 2.75) is 32.6 Å². The lowest BCUT2D eigenvalue weighted by Crippen LogP contribution is -2.35. The molecule has 1 aliphatic rings. The van der Waals surface area contributed by atoms with Crippen LogP contribution < -0.4 is 10.2 Å². The first-order valence-electron chi connectivity index (χ1n) is 9.62. The molecule has 0 amide bonds. The molecule has 1 saturated heterocycles. The molecule has 0 aliphatic carbocycles. The van der Waals surface area contributed by atoms with Crippen molar-refractivity contribution in [1.82, 2.24) is 9.97 Å². The van der Waals surface area contributed by atoms with Crippen LogP contribution in [0.5, 0.6) is 0 Å². The molecule has 2 heterocycles. The molecular weight excluding hydrogens is 324 g/mol. The molecule has 0 spiro atoms. The molecule has 0 bridgehead atoms. The Hall–Kier alpha value is -2.14. The highest BCUT2D eigenvalue weighted by atomic mass is 16.5. The largest absolute Gasteiger partial charge is 0.385 e. The molecular formula is C21H30N4O. The fraction of sp³-hybridized carbons (Fsp3) is 0.524. The van der Waals surface area contributed by atoms with Crippen molar-refractivity contribution in [1.29, 1.82) is 0 Å². The van der Waals surface area contributed by atoms with Crippen molar-refractivity contribution in [3.63, 3.8) is 0 Å². The molecule has 140 valence electrons. The number of benzene rings is 1. The first kappa shape index (κ1) is 18.6. The molecule has 1 fully saturated rings. The summed E-state index contributed by atoms with van der Waals surface area (Å²) in [4.78, 5) is 11.6. The highest BCUT2D eigenvalue weighted by Crippen LogP contribution is 2.25. The van der Waals surface area contributed by atoms with Gasteiger partial charge in [-0.05, 0) is 44.1 Å². The van der Waals surface area contributed by atoms with Gasteiger partial charge >= 0.3 is 0 Å². The van der Waals surface area contributed by atoms with E-state index in [1.165, 1.54) is 24.8 Å². The fourth-order valence-electron chi connectivity index (χ4n) is 3.52. The van der Waals surface area contributed by atoms with Crippen molar-refractivity contribution in [2.24, 2.45) is 5.92 Å². The van der Waals surface area contributed by atoms with E-state index in [0.29, 0.717) is 0 Å². The van der Waals surface area contributed by atoms with Crippen molar-refractivity contribution in [3.05, 3.63) is 47.7 Å². The van der Waals surface area contributed by atoms with Gasteiger partial charge in [-0.2, -0.15) is 4.98 Å². The van der Waals surface area contributed by atoms with Gasteiger partial charge in [-0.3, -0.25) is 0 Å². The van der Waals surface area contributed by atoms with Crippen LogP contribution in [0.15, 0.2) is 36.4 Å². The van der Waals surface area contributed by atoms with E-state index < -0.39 is 0 Å². The predicted octanol–water partition coefficient (Wildman–Crippen LogP) is 3.69. The lowest BCUT2D eigenvalue weighted by atomic mass is 9.90. The molecule has 0 radical (unpaired) electrons. The van der Waals surface area contributed by atoms with Crippen LogP contribution in [0.2, 0.25) is 0 Å². The van der Waals surface area contributed by atoms with E-state index in [9.17, 15) is 0 Å². The Balaban J connectivity index is 1.54. The number of nitrogens with zero attached hydrogens (tertiary/aromatic N) is 3. The summed E-state index contributed by atoms with van der Waals surface area (Å²) in [6.07, 6.45) is 4.57. The molecule has 0 atom stereocenters. The molecule has 5 heteroatoms. The Morgan fingerprint density at radius 3 is 2.65 bits per heavy atom. The smallest absolute Gasteiger partial charge is 0.224 e. The summed E-state index contributed by atoms with van der Waals surface area (Å²) in [5, 5.41) is 3.31. The van der Waals surface area contributed by atoms with Gasteiger partial charge in [0.2, 0.25) is 5.95 Å². The van der Waals surface area contributed by atoms with Gasteiger partial charge in [0.05, 0.1) is 0 Å². The summed E-state index contributed by atoms with van der Waals surface area (Å²) < 4.78 is 5.09. The highest BCUT2D eigenvalue weighted by Gasteiger charge is 2.21. The molecule has 3 rings (SSSR count). The number of hydrogen-bond donors (Lipinski definition) is 1. The van der Waals surface area contributed by atoms with Crippen molar-refractivity contribution in [3.8, 4) is 0 Å². The van der Waals surface area contributed by atoms with E-state index in [0.717, 1.165) is 56.0 Å². The molecule has 0 unspecified atom stereocenters. The topological polar surface area (TPSA) is 50.3 Å². The first-order valence-corrected chi connectivity index (χ1v) is 9.62. The number of rotatable bonds is 8. The van der Waals surface area contributed by atoms with Crippen LogP contribution in [0.3, 0.4) is 0 Å². The van der Waals surface area contributed by atoms with Crippen LogP contribution in [0, 0.1) is 12.8 Å². The number of nitrogens with one attached hydrogen (secondary N) is 1. The van der Waals surface area contributed by atoms with Gasteiger partial charge in [-0.25, -0.2) is 4.98 Å². The van der Waals surface area contributed by atoms with Gasteiger partial charge in [0.15, 0.2) is 0 Å². The minimum absolute atomic E-state index is 0.725. The second-order valence-electron chi connectivity index (χ2n) is 7.08. The molecule has 1 N–H and O–H groups in total. The van der Waals surface area contributed by atoms with E-state index in [-0.39, 0.29) is 0 Å². The fourth-order valence-corrected chi connectivity index (χ4v) is 3.52. The highest BCUT2D eigenvalue weighted by molar-refractivity contribution is 5.45. The van der Waals surface area contributed by atoms with Gasteiger partial charge in [0, 0.05) is 45.1 Å². The minimum Gasteiger partial charge on any atom is -0.385 e. The van der Waals surface area contributed by atoms with Gasteiger partial charge in [-0.15, -0.1) is 0 Å². The van der Waals surface area contributed by atoms with Crippen LogP contribution in [-0.2, 0) is 11.2 Å². The van der Waals surface area contributed by atoms with Gasteiger partial charge in [-0.1, -0.05) is 30.3 Å². The Morgan fingerprint density at radius 2 is 1.92 bits per heavy atom. The lowest BCUT2D eigenvalue weighted by molar-refractivity contribution is 0.197. The van der Waals surface area contributed by atoms with Crippen molar-refractivity contribution >= 4 is 11.8 Å². The first-order chi connectivity index (χ1) is 12.7. The summed E-state index contributed by atoms with van der Waals surface area (Å²) in [6.45, 7) is 5.75. The SMILES string of the molecule is COCCCNc1nc(C)cc(N2CCC(Cc3ccccc3)CC2)n1. The van der Waals surface area contributed by atoms with E-state index in [4.69, 9.17) is 9.72 Å². The maximum absolute atomic E-state index is 5.09. The zero-order chi connectivity index (χ0) is 18.2. The van der Waals surface area contributed by atoms with Crippen LogP contribution >= 0.6 is 0 Å². The predicted molar refractivity (Wildman–Crippen MR) is 107 cm³/mol. The number of aryl methyl sites for hydroxylation is 1. The molecule has 26 heavy (non-hydrogen) atoms. The summed E-state index contributed by atoms with van der Waals surface area (Å²) in [7, 11) is 1.72. The number of methoxy groups -OCH3 is 1. The second kappa shape index (κ2) is 9.53. The Kier molecular flexibility index (Phi) is 6.83. The zero-order valence-electron chi connectivity index (χ0n) is 15.9. The number of aromatic nitrogens is 2. The lowest BCUT2D eigenvalue weighted by Gasteiger charge is -2.33. The average Bonchev–Trinajstić information content (AvgIpc) is 2.66. The Morgan fingerprint density at radius 1 is 1.15 bits per heavy atom. The number of anilines is 2. The molecule has 1 aromatic heterocycles. The van der Waals surface area contributed by atoms with Gasteiger partial charge < -0.3 is 15.0 Å². The van der Waals surface area contributed by atoms with Gasteiger partial charge in [0.25, 0.3) is 0 Å². The van der Waals surface area contributed by atoms with Crippen LogP contribution in [0.4, 0.5) is 11.8 Å². The summed E-state index contributed by atoms with van der Waals surface area (Å²) in [5.74, 6) is 2.54. The Bertz CT molecular complexity index is 669. The van der Waals surface area contributed by atoms with E-state index >= 15 is 0 Å². The van der Waals surface area contributed by atoms with Gasteiger partial charge in [0.1, 0.15) is 5.82 Å². The normalized spacial score (nSPS) is 15.2. The van der Waals surface area contributed by atoms with E-state index in [1.807, 2.05) is 6.92 Å². The summed E-state index contributed by atoms with van der Waals surface area (Å²) in [5.41, 5.74) is 2.46. The molecule has 5 nitrogen and oxygen atoms in total. The maximum atomic E-state index is 5.09. The molecule has 0 saturated carbocycles. The van der Waals surface area contributed by atoms with Crippen LogP contribution in [0.1, 0.15) is 30.5 Å². The minimum atomic E-state index is 0.725. The molecule has 2 aromatic rings. The quantitative estimate of drug-likeness (QED) is 0.733.